The van der Waals surface area contributed by atoms with Crippen molar-refractivity contribution in [3.05, 3.63) is 71.5 Å². The van der Waals surface area contributed by atoms with E-state index in [1.54, 1.807) is 0 Å². The molecule has 0 spiro atoms. The van der Waals surface area contributed by atoms with Gasteiger partial charge in [0.15, 0.2) is 0 Å². The van der Waals surface area contributed by atoms with Gasteiger partial charge in [-0.05, 0) is 42.7 Å². The molecular weight excluding hydrogens is 283 g/mol. The van der Waals surface area contributed by atoms with Crippen molar-refractivity contribution in [2.75, 3.05) is 0 Å². The molecule has 22 heavy (non-hydrogen) atoms. The second-order valence-corrected chi connectivity index (χ2v) is 4.96. The maximum atomic E-state index is 12.8. The van der Waals surface area contributed by atoms with Gasteiger partial charge in [0.25, 0.3) is 5.91 Å². The molecule has 0 saturated heterocycles. The minimum absolute atomic E-state index is 0.285. The van der Waals surface area contributed by atoms with E-state index < -0.39 is 23.7 Å². The van der Waals surface area contributed by atoms with Crippen LogP contribution in [0, 0.1) is 5.82 Å². The molecule has 0 bridgehead atoms. The summed E-state index contributed by atoms with van der Waals surface area (Å²) in [6.07, 6.45) is 1.03. The van der Waals surface area contributed by atoms with Crippen molar-refractivity contribution in [1.29, 1.82) is 0 Å². The van der Waals surface area contributed by atoms with Gasteiger partial charge in [-0.3, -0.25) is 9.59 Å². The number of carbonyl (C=O) groups excluding carboxylic acids is 2. The van der Waals surface area contributed by atoms with E-state index in [0.717, 1.165) is 5.56 Å². The van der Waals surface area contributed by atoms with Crippen LogP contribution in [-0.2, 0) is 11.2 Å². The highest BCUT2D eigenvalue weighted by Gasteiger charge is 2.18. The van der Waals surface area contributed by atoms with E-state index in [4.69, 9.17) is 5.73 Å². The third kappa shape index (κ3) is 4.41. The maximum Gasteiger partial charge on any atom is 0.251 e. The first-order valence-electron chi connectivity index (χ1n) is 6.96. The van der Waals surface area contributed by atoms with Gasteiger partial charge in [0.05, 0.1) is 0 Å². The smallest absolute Gasteiger partial charge is 0.251 e. The second-order valence-electron chi connectivity index (χ2n) is 4.96. The number of carbonyl (C=O) groups is 2. The van der Waals surface area contributed by atoms with Crippen molar-refractivity contribution in [1.82, 2.24) is 5.32 Å². The van der Waals surface area contributed by atoms with Gasteiger partial charge in [0.2, 0.25) is 5.91 Å². The fourth-order valence-electron chi connectivity index (χ4n) is 2.08. The highest BCUT2D eigenvalue weighted by atomic mass is 19.1. The lowest BCUT2D eigenvalue weighted by molar-refractivity contribution is -0.120. The van der Waals surface area contributed by atoms with Crippen LogP contribution in [0.25, 0.3) is 0 Å². The summed E-state index contributed by atoms with van der Waals surface area (Å²) in [4.78, 5) is 23.5. The first-order chi connectivity index (χ1) is 10.6. The number of benzene rings is 2. The fraction of sp³-hybridized carbons (Fsp3) is 0.176. The Morgan fingerprint density at radius 3 is 2.27 bits per heavy atom. The minimum atomic E-state index is -0.766. The zero-order chi connectivity index (χ0) is 15.9. The van der Waals surface area contributed by atoms with Crippen LogP contribution in [-0.4, -0.2) is 17.9 Å². The van der Waals surface area contributed by atoms with Crippen molar-refractivity contribution < 1.29 is 14.0 Å². The van der Waals surface area contributed by atoms with Gasteiger partial charge in [0.1, 0.15) is 11.9 Å². The monoisotopic (exact) mass is 300 g/mol. The number of halogens is 1. The van der Waals surface area contributed by atoms with Crippen LogP contribution < -0.4 is 11.1 Å². The number of hydrogen-bond acceptors (Lipinski definition) is 2. The summed E-state index contributed by atoms with van der Waals surface area (Å²) in [6.45, 7) is 0. The Hall–Kier alpha value is -2.69. The quantitative estimate of drug-likeness (QED) is 0.857. The Kier molecular flexibility index (Phi) is 5.25. The first-order valence-corrected chi connectivity index (χ1v) is 6.96. The molecule has 2 amide bonds. The van der Waals surface area contributed by atoms with Crippen LogP contribution in [0.2, 0.25) is 0 Å². The summed E-state index contributed by atoms with van der Waals surface area (Å²) in [7, 11) is 0. The summed E-state index contributed by atoms with van der Waals surface area (Å²) < 4.78 is 12.8. The van der Waals surface area contributed by atoms with Gasteiger partial charge in [-0.1, -0.05) is 30.3 Å². The lowest BCUT2D eigenvalue weighted by Gasteiger charge is -2.15. The number of primary amides is 1. The second kappa shape index (κ2) is 7.36. The molecule has 0 fully saturated rings. The molecule has 4 nitrogen and oxygen atoms in total. The summed E-state index contributed by atoms with van der Waals surface area (Å²) in [5, 5.41) is 2.59. The maximum absolute atomic E-state index is 12.8. The Balaban J connectivity index is 1.98. The molecule has 3 N–H and O–H groups in total. The molecule has 5 heteroatoms. The summed E-state index contributed by atoms with van der Waals surface area (Å²) in [5.41, 5.74) is 6.68. The number of rotatable bonds is 6. The van der Waals surface area contributed by atoms with Crippen molar-refractivity contribution >= 4 is 11.8 Å². The Bertz CT molecular complexity index is 641. The number of aryl methyl sites for hydroxylation is 1. The van der Waals surface area contributed by atoms with Gasteiger partial charge in [-0.2, -0.15) is 0 Å². The number of nitrogens with one attached hydrogen (secondary N) is 1. The molecule has 0 aliphatic carbocycles. The molecule has 2 rings (SSSR count). The molecule has 0 aliphatic rings. The zero-order valence-electron chi connectivity index (χ0n) is 12.0. The predicted molar refractivity (Wildman–Crippen MR) is 81.6 cm³/mol. The Labute approximate surface area is 128 Å². The van der Waals surface area contributed by atoms with E-state index in [-0.39, 0.29) is 5.56 Å². The van der Waals surface area contributed by atoms with Crippen molar-refractivity contribution in [3.8, 4) is 0 Å². The molecule has 2 aromatic rings. The molecule has 0 unspecified atom stereocenters. The van der Waals surface area contributed by atoms with E-state index in [1.165, 1.54) is 24.3 Å². The molecule has 0 heterocycles. The average molecular weight is 300 g/mol. The standard InChI is InChI=1S/C17H17FN2O2/c18-14-9-7-13(8-10-14)17(22)20-15(16(19)21)11-6-12-4-2-1-3-5-12/h1-5,7-10,15H,6,11H2,(H2,19,21)(H,20,22)/t15-/m0/s1. The van der Waals surface area contributed by atoms with Gasteiger partial charge < -0.3 is 11.1 Å². The van der Waals surface area contributed by atoms with Gasteiger partial charge in [0, 0.05) is 5.56 Å². The largest absolute Gasteiger partial charge is 0.368 e. The molecule has 0 aliphatic heterocycles. The van der Waals surface area contributed by atoms with Crippen molar-refractivity contribution in [2.45, 2.75) is 18.9 Å². The summed E-state index contributed by atoms with van der Waals surface area (Å²) >= 11 is 0. The van der Waals surface area contributed by atoms with Crippen LogP contribution in [0.1, 0.15) is 22.3 Å². The Morgan fingerprint density at radius 2 is 1.68 bits per heavy atom. The van der Waals surface area contributed by atoms with E-state index >= 15 is 0 Å². The van der Waals surface area contributed by atoms with Crippen LogP contribution >= 0.6 is 0 Å². The number of amides is 2. The van der Waals surface area contributed by atoms with E-state index in [0.29, 0.717) is 12.8 Å². The average Bonchev–Trinajstić information content (AvgIpc) is 2.52. The van der Waals surface area contributed by atoms with Crippen LogP contribution in [0.4, 0.5) is 4.39 Å². The SMILES string of the molecule is NC(=O)[C@H](CCc1ccccc1)NC(=O)c1ccc(F)cc1. The van der Waals surface area contributed by atoms with Crippen molar-refractivity contribution in [3.63, 3.8) is 0 Å². The summed E-state index contributed by atoms with van der Waals surface area (Å²) in [5.74, 6) is -1.46. The molecule has 0 radical (unpaired) electrons. The van der Waals surface area contributed by atoms with Crippen LogP contribution in [0.3, 0.4) is 0 Å². The third-order valence-corrected chi connectivity index (χ3v) is 3.32. The minimum Gasteiger partial charge on any atom is -0.368 e. The molecular formula is C17H17FN2O2. The number of hydrogen-bond donors (Lipinski definition) is 2. The molecule has 114 valence electrons. The van der Waals surface area contributed by atoms with E-state index in [2.05, 4.69) is 5.32 Å². The topological polar surface area (TPSA) is 72.2 Å². The highest BCUT2D eigenvalue weighted by molar-refractivity contribution is 5.97. The zero-order valence-corrected chi connectivity index (χ0v) is 12.0. The molecule has 2 aromatic carbocycles. The lowest BCUT2D eigenvalue weighted by atomic mass is 10.0. The Morgan fingerprint density at radius 1 is 1.05 bits per heavy atom. The normalized spacial score (nSPS) is 11.7. The molecule has 0 saturated carbocycles. The molecule has 0 aromatic heterocycles. The highest BCUT2D eigenvalue weighted by Crippen LogP contribution is 2.07. The fourth-order valence-corrected chi connectivity index (χ4v) is 2.08. The van der Waals surface area contributed by atoms with Crippen LogP contribution in [0.5, 0.6) is 0 Å². The first kappa shape index (κ1) is 15.7. The van der Waals surface area contributed by atoms with Gasteiger partial charge in [-0.15, -0.1) is 0 Å². The van der Waals surface area contributed by atoms with Crippen molar-refractivity contribution in [2.24, 2.45) is 5.73 Å². The summed E-state index contributed by atoms with van der Waals surface area (Å²) in [6, 6.07) is 14.0. The van der Waals surface area contributed by atoms with Gasteiger partial charge >= 0.3 is 0 Å². The van der Waals surface area contributed by atoms with Crippen LogP contribution in [0.15, 0.2) is 54.6 Å². The third-order valence-electron chi connectivity index (χ3n) is 3.32. The van der Waals surface area contributed by atoms with Gasteiger partial charge in [-0.25, -0.2) is 4.39 Å². The predicted octanol–water partition coefficient (Wildman–Crippen LogP) is 2.04. The van der Waals surface area contributed by atoms with E-state index in [9.17, 15) is 14.0 Å². The van der Waals surface area contributed by atoms with E-state index in [1.807, 2.05) is 30.3 Å². The molecule has 1 atom stereocenters. The lowest BCUT2D eigenvalue weighted by Crippen LogP contribution is -2.44. The number of nitrogens with two attached hydrogens (primary N) is 1.